The van der Waals surface area contributed by atoms with Gasteiger partial charge in [-0.2, -0.15) is 0 Å². The van der Waals surface area contributed by atoms with Gasteiger partial charge in [0.05, 0.1) is 0 Å². The molecule has 0 aromatic heterocycles. The van der Waals surface area contributed by atoms with Crippen LogP contribution in [0.4, 0.5) is 0 Å². The molecule has 2 N–H and O–H groups in total. The van der Waals surface area contributed by atoms with Crippen molar-refractivity contribution >= 4 is 0 Å². The van der Waals surface area contributed by atoms with Crippen molar-refractivity contribution in [1.82, 2.24) is 4.90 Å². The monoisotopic (exact) mass is 184 g/mol. The lowest BCUT2D eigenvalue weighted by Crippen LogP contribution is -2.47. The lowest BCUT2D eigenvalue weighted by molar-refractivity contribution is 0.127. The molecule has 0 amide bonds. The average molecular weight is 184 g/mol. The zero-order valence-electron chi connectivity index (χ0n) is 9.51. The minimum Gasteiger partial charge on any atom is -0.329 e. The Morgan fingerprint density at radius 1 is 1.46 bits per heavy atom. The normalized spacial score (nSPS) is 27.9. The molecule has 1 aliphatic heterocycles. The Morgan fingerprint density at radius 2 is 2.08 bits per heavy atom. The van der Waals surface area contributed by atoms with Crippen LogP contribution in [-0.2, 0) is 0 Å². The predicted molar refractivity (Wildman–Crippen MR) is 57.7 cm³/mol. The molecule has 1 rings (SSSR count). The fourth-order valence-corrected chi connectivity index (χ4v) is 2.30. The molecular formula is C11H24N2. The molecule has 1 heterocycles. The van der Waals surface area contributed by atoms with Gasteiger partial charge in [0.2, 0.25) is 0 Å². The third-order valence-electron chi connectivity index (χ3n) is 3.12. The van der Waals surface area contributed by atoms with Crippen LogP contribution in [0.1, 0.15) is 34.1 Å². The predicted octanol–water partition coefficient (Wildman–Crippen LogP) is 1.70. The van der Waals surface area contributed by atoms with Gasteiger partial charge in [-0.3, -0.25) is 4.90 Å². The number of rotatable bonds is 2. The zero-order chi connectivity index (χ0) is 10.1. The van der Waals surface area contributed by atoms with Crippen LogP contribution in [0.2, 0.25) is 0 Å². The number of nitrogens with zero attached hydrogens (tertiary/aromatic N) is 1. The maximum atomic E-state index is 5.84. The molecule has 1 aliphatic rings. The molecule has 2 heteroatoms. The van der Waals surface area contributed by atoms with Crippen molar-refractivity contribution < 1.29 is 0 Å². The Kier molecular flexibility index (Phi) is 3.36. The standard InChI is InChI=1S/C11H24N2/c1-9-5-6-13(8-9)10(7-12)11(2,3)4/h9-10H,5-8,12H2,1-4H3. The highest BCUT2D eigenvalue weighted by Gasteiger charge is 2.32. The fraction of sp³-hybridized carbons (Fsp3) is 1.00. The van der Waals surface area contributed by atoms with Gasteiger partial charge in [-0.25, -0.2) is 0 Å². The summed E-state index contributed by atoms with van der Waals surface area (Å²) in [6.07, 6.45) is 1.34. The van der Waals surface area contributed by atoms with Crippen molar-refractivity contribution in [2.24, 2.45) is 17.1 Å². The van der Waals surface area contributed by atoms with E-state index < -0.39 is 0 Å². The van der Waals surface area contributed by atoms with Gasteiger partial charge in [0.1, 0.15) is 0 Å². The molecule has 0 aromatic rings. The molecule has 78 valence electrons. The van der Waals surface area contributed by atoms with Crippen molar-refractivity contribution in [3.05, 3.63) is 0 Å². The fourth-order valence-electron chi connectivity index (χ4n) is 2.30. The summed E-state index contributed by atoms with van der Waals surface area (Å²) >= 11 is 0. The lowest BCUT2D eigenvalue weighted by Gasteiger charge is -2.37. The van der Waals surface area contributed by atoms with E-state index in [1.807, 2.05) is 0 Å². The Bertz CT molecular complexity index is 160. The Labute approximate surface area is 82.5 Å². The van der Waals surface area contributed by atoms with Crippen LogP contribution in [0.25, 0.3) is 0 Å². The first kappa shape index (κ1) is 11.0. The van der Waals surface area contributed by atoms with Gasteiger partial charge in [-0.15, -0.1) is 0 Å². The molecule has 2 nitrogen and oxygen atoms in total. The van der Waals surface area contributed by atoms with Gasteiger partial charge < -0.3 is 5.73 Å². The first-order chi connectivity index (χ1) is 5.95. The molecule has 0 aromatic carbocycles. The summed E-state index contributed by atoms with van der Waals surface area (Å²) in [6, 6.07) is 0.553. The minimum absolute atomic E-state index is 0.318. The summed E-state index contributed by atoms with van der Waals surface area (Å²) < 4.78 is 0. The molecule has 1 fully saturated rings. The third-order valence-corrected chi connectivity index (χ3v) is 3.12. The first-order valence-electron chi connectivity index (χ1n) is 5.39. The van der Waals surface area contributed by atoms with Gasteiger partial charge in [0, 0.05) is 19.1 Å². The second-order valence-electron chi connectivity index (χ2n) is 5.51. The highest BCUT2D eigenvalue weighted by atomic mass is 15.2. The largest absolute Gasteiger partial charge is 0.329 e. The maximum Gasteiger partial charge on any atom is 0.0266 e. The van der Waals surface area contributed by atoms with Crippen LogP contribution < -0.4 is 5.73 Å². The SMILES string of the molecule is CC1CCN(C(CN)C(C)(C)C)C1. The molecule has 1 saturated heterocycles. The minimum atomic E-state index is 0.318. The van der Waals surface area contributed by atoms with Crippen LogP contribution in [0, 0.1) is 11.3 Å². The van der Waals surface area contributed by atoms with Crippen LogP contribution >= 0.6 is 0 Å². The third kappa shape index (κ3) is 2.68. The van der Waals surface area contributed by atoms with E-state index in [0.29, 0.717) is 11.5 Å². The molecule has 2 unspecified atom stereocenters. The molecule has 13 heavy (non-hydrogen) atoms. The molecule has 2 atom stereocenters. The van der Waals surface area contributed by atoms with Crippen molar-refractivity contribution in [3.63, 3.8) is 0 Å². The van der Waals surface area contributed by atoms with Gasteiger partial charge in [0.25, 0.3) is 0 Å². The van der Waals surface area contributed by atoms with Crippen LogP contribution in [0.3, 0.4) is 0 Å². The Morgan fingerprint density at radius 3 is 2.38 bits per heavy atom. The summed E-state index contributed by atoms with van der Waals surface area (Å²) in [6.45, 7) is 12.4. The lowest BCUT2D eigenvalue weighted by atomic mass is 9.86. The second-order valence-corrected chi connectivity index (χ2v) is 5.51. The summed E-state index contributed by atoms with van der Waals surface area (Å²) in [5.41, 5.74) is 6.16. The smallest absolute Gasteiger partial charge is 0.0266 e. The molecule has 0 saturated carbocycles. The number of hydrogen-bond acceptors (Lipinski definition) is 2. The van der Waals surface area contributed by atoms with E-state index in [9.17, 15) is 0 Å². The van der Waals surface area contributed by atoms with Crippen molar-refractivity contribution in [1.29, 1.82) is 0 Å². The summed E-state index contributed by atoms with van der Waals surface area (Å²) in [4.78, 5) is 2.56. The number of hydrogen-bond donors (Lipinski definition) is 1. The van der Waals surface area contributed by atoms with E-state index in [1.165, 1.54) is 19.5 Å². The van der Waals surface area contributed by atoms with E-state index in [0.717, 1.165) is 12.5 Å². The quantitative estimate of drug-likeness (QED) is 0.708. The van der Waals surface area contributed by atoms with E-state index in [4.69, 9.17) is 5.73 Å². The van der Waals surface area contributed by atoms with E-state index >= 15 is 0 Å². The molecular weight excluding hydrogens is 160 g/mol. The first-order valence-corrected chi connectivity index (χ1v) is 5.39. The maximum absolute atomic E-state index is 5.84. The highest BCUT2D eigenvalue weighted by Crippen LogP contribution is 2.28. The van der Waals surface area contributed by atoms with Gasteiger partial charge in [-0.1, -0.05) is 27.7 Å². The summed E-state index contributed by atoms with van der Waals surface area (Å²) in [7, 11) is 0. The zero-order valence-corrected chi connectivity index (χ0v) is 9.51. The highest BCUT2D eigenvalue weighted by molar-refractivity contribution is 4.87. The average Bonchev–Trinajstić information content (AvgIpc) is 2.34. The summed E-state index contributed by atoms with van der Waals surface area (Å²) in [5, 5.41) is 0. The molecule has 0 aliphatic carbocycles. The van der Waals surface area contributed by atoms with Gasteiger partial charge in [0.15, 0.2) is 0 Å². The van der Waals surface area contributed by atoms with Crippen LogP contribution in [0.15, 0.2) is 0 Å². The Hall–Kier alpha value is -0.0800. The van der Waals surface area contributed by atoms with Crippen molar-refractivity contribution in [2.45, 2.75) is 40.2 Å². The van der Waals surface area contributed by atoms with Crippen LogP contribution in [0.5, 0.6) is 0 Å². The van der Waals surface area contributed by atoms with Gasteiger partial charge in [-0.05, 0) is 24.3 Å². The van der Waals surface area contributed by atoms with Crippen LogP contribution in [-0.4, -0.2) is 30.6 Å². The number of nitrogens with two attached hydrogens (primary N) is 1. The molecule has 0 bridgehead atoms. The number of likely N-dealkylation sites (tertiary alicyclic amines) is 1. The van der Waals surface area contributed by atoms with Gasteiger partial charge >= 0.3 is 0 Å². The summed E-state index contributed by atoms with van der Waals surface area (Å²) in [5.74, 6) is 0.858. The van der Waals surface area contributed by atoms with Crippen molar-refractivity contribution in [3.8, 4) is 0 Å². The van der Waals surface area contributed by atoms with E-state index in [1.54, 1.807) is 0 Å². The topological polar surface area (TPSA) is 29.3 Å². The van der Waals surface area contributed by atoms with E-state index in [2.05, 4.69) is 32.6 Å². The molecule has 0 radical (unpaired) electrons. The van der Waals surface area contributed by atoms with E-state index in [-0.39, 0.29) is 0 Å². The Balaban J connectivity index is 2.57. The molecule has 0 spiro atoms. The van der Waals surface area contributed by atoms with Crippen molar-refractivity contribution in [2.75, 3.05) is 19.6 Å². The second kappa shape index (κ2) is 3.97.